The quantitative estimate of drug-likeness (QED) is 0.409. The van der Waals surface area contributed by atoms with Crippen LogP contribution >= 0.6 is 24.0 Å². The second kappa shape index (κ2) is 8.45. The van der Waals surface area contributed by atoms with Gasteiger partial charge in [0.1, 0.15) is 11.5 Å². The number of hydrogen-bond acceptors (Lipinski definition) is 2. The number of halogens is 2. The molecule has 0 saturated heterocycles. The lowest BCUT2D eigenvalue weighted by Crippen LogP contribution is -2.16. The van der Waals surface area contributed by atoms with Gasteiger partial charge in [0.2, 0.25) is 0 Å². The van der Waals surface area contributed by atoms with E-state index in [0.29, 0.717) is 11.6 Å². The Morgan fingerprint density at radius 2 is 1.88 bits per heavy atom. The molecule has 3 nitrogen and oxygen atoms in total. The van der Waals surface area contributed by atoms with Gasteiger partial charge in [-0.3, -0.25) is 0 Å². The van der Waals surface area contributed by atoms with Crippen LogP contribution in [0.15, 0.2) is 71.3 Å². The zero-order chi connectivity index (χ0) is 17.1. The van der Waals surface area contributed by atoms with Gasteiger partial charge < -0.3 is 14.7 Å². The molecule has 2 N–H and O–H groups in total. The second-order valence-electron chi connectivity index (χ2n) is 6.06. The summed E-state index contributed by atoms with van der Waals surface area (Å²) in [5, 5.41) is 5.46. The van der Waals surface area contributed by atoms with Gasteiger partial charge in [0.25, 0.3) is 0 Å². The van der Waals surface area contributed by atoms with Crippen LogP contribution in [0, 0.1) is 0 Å². The van der Waals surface area contributed by atoms with Crippen LogP contribution in [0.3, 0.4) is 0 Å². The summed E-state index contributed by atoms with van der Waals surface area (Å²) in [6.07, 6.45) is 3.07. The molecule has 2 heterocycles. The number of furan rings is 1. The van der Waals surface area contributed by atoms with E-state index in [0.717, 1.165) is 30.0 Å². The van der Waals surface area contributed by atoms with Crippen molar-refractivity contribution in [1.82, 2.24) is 10.3 Å². The van der Waals surface area contributed by atoms with Crippen molar-refractivity contribution in [2.45, 2.75) is 13.0 Å². The van der Waals surface area contributed by atoms with Gasteiger partial charge in [0, 0.05) is 27.7 Å². The Balaban J connectivity index is 0.00000196. The molecule has 0 fully saturated rings. The van der Waals surface area contributed by atoms with E-state index in [9.17, 15) is 0 Å². The summed E-state index contributed by atoms with van der Waals surface area (Å²) in [5.41, 5.74) is 3.52. The zero-order valence-corrected chi connectivity index (χ0v) is 15.7. The Kier molecular flexibility index (Phi) is 6.04. The number of aromatic amines is 1. The summed E-state index contributed by atoms with van der Waals surface area (Å²) in [7, 11) is 0. The highest BCUT2D eigenvalue weighted by molar-refractivity contribution is 6.30. The number of H-pyrrole nitrogens is 1. The van der Waals surface area contributed by atoms with Crippen molar-refractivity contribution < 1.29 is 4.42 Å². The SMILES string of the molecule is Cl.Clc1cccc(-c2ccc(CNCCc3c[nH]c4ccccc34)o2)c1. The Morgan fingerprint density at radius 1 is 1.00 bits per heavy atom. The van der Waals surface area contributed by atoms with Crippen molar-refractivity contribution in [3.05, 3.63) is 83.2 Å². The van der Waals surface area contributed by atoms with Crippen LogP contribution in [0.25, 0.3) is 22.2 Å². The number of benzene rings is 2. The first-order valence-electron chi connectivity index (χ1n) is 8.40. The number of rotatable bonds is 6. The smallest absolute Gasteiger partial charge is 0.134 e. The lowest BCUT2D eigenvalue weighted by atomic mass is 10.1. The van der Waals surface area contributed by atoms with E-state index in [1.807, 2.05) is 36.4 Å². The van der Waals surface area contributed by atoms with Gasteiger partial charge in [0.05, 0.1) is 6.54 Å². The van der Waals surface area contributed by atoms with Gasteiger partial charge in [-0.1, -0.05) is 41.9 Å². The molecule has 26 heavy (non-hydrogen) atoms. The minimum Gasteiger partial charge on any atom is -0.460 e. The fourth-order valence-corrected chi connectivity index (χ4v) is 3.23. The molecule has 4 rings (SSSR count). The fraction of sp³-hybridized carbons (Fsp3) is 0.143. The molecule has 134 valence electrons. The Labute approximate surface area is 163 Å². The van der Waals surface area contributed by atoms with Crippen LogP contribution in [-0.4, -0.2) is 11.5 Å². The number of nitrogens with one attached hydrogen (secondary N) is 2. The van der Waals surface area contributed by atoms with Gasteiger partial charge in [-0.2, -0.15) is 0 Å². The van der Waals surface area contributed by atoms with Crippen molar-refractivity contribution in [2.75, 3.05) is 6.54 Å². The predicted molar refractivity (Wildman–Crippen MR) is 110 cm³/mol. The summed E-state index contributed by atoms with van der Waals surface area (Å²) in [6, 6.07) is 20.1. The van der Waals surface area contributed by atoms with E-state index >= 15 is 0 Å². The molecule has 2 aromatic heterocycles. The van der Waals surface area contributed by atoms with Gasteiger partial charge in [0.15, 0.2) is 0 Å². The largest absolute Gasteiger partial charge is 0.460 e. The number of fused-ring (bicyclic) bond motifs is 1. The average molecular weight is 387 g/mol. The maximum atomic E-state index is 6.04. The summed E-state index contributed by atoms with van der Waals surface area (Å²) >= 11 is 6.04. The fourth-order valence-electron chi connectivity index (χ4n) is 3.04. The highest BCUT2D eigenvalue weighted by atomic mass is 35.5. The van der Waals surface area contributed by atoms with E-state index < -0.39 is 0 Å². The van der Waals surface area contributed by atoms with Crippen molar-refractivity contribution in [1.29, 1.82) is 0 Å². The van der Waals surface area contributed by atoms with E-state index in [1.54, 1.807) is 0 Å². The van der Waals surface area contributed by atoms with Gasteiger partial charge in [-0.05, 0) is 48.9 Å². The summed E-state index contributed by atoms with van der Waals surface area (Å²) in [5.74, 6) is 1.77. The number of aromatic nitrogens is 1. The number of para-hydroxylation sites is 1. The Hall–Kier alpha value is -2.20. The molecule has 0 radical (unpaired) electrons. The molecule has 0 spiro atoms. The lowest BCUT2D eigenvalue weighted by Gasteiger charge is -2.03. The normalized spacial score (nSPS) is 10.8. The topological polar surface area (TPSA) is 41.0 Å². The molecule has 0 amide bonds. The standard InChI is InChI=1S/C21H19ClN2O.ClH/c22-17-5-3-4-15(12-17)21-9-8-18(25-21)14-23-11-10-16-13-24-20-7-2-1-6-19(16)20;/h1-9,12-13,23-24H,10-11,14H2;1H. The van der Waals surface area contributed by atoms with Gasteiger partial charge in [-0.15, -0.1) is 12.4 Å². The predicted octanol–water partition coefficient (Wildman–Crippen LogP) is 5.84. The number of hydrogen-bond donors (Lipinski definition) is 2. The lowest BCUT2D eigenvalue weighted by molar-refractivity contribution is 0.495. The summed E-state index contributed by atoms with van der Waals surface area (Å²) < 4.78 is 5.90. The van der Waals surface area contributed by atoms with E-state index in [2.05, 4.69) is 40.8 Å². The van der Waals surface area contributed by atoms with E-state index in [1.165, 1.54) is 16.5 Å². The first kappa shape index (κ1) is 18.6. The Morgan fingerprint density at radius 3 is 2.77 bits per heavy atom. The average Bonchev–Trinajstić information content (AvgIpc) is 3.26. The van der Waals surface area contributed by atoms with Gasteiger partial charge >= 0.3 is 0 Å². The van der Waals surface area contributed by atoms with E-state index in [4.69, 9.17) is 16.0 Å². The molecule has 0 aliphatic carbocycles. The third kappa shape index (κ3) is 4.13. The maximum Gasteiger partial charge on any atom is 0.134 e. The monoisotopic (exact) mass is 386 g/mol. The molecular formula is C21H20Cl2N2O. The molecule has 0 atom stereocenters. The summed E-state index contributed by atoms with van der Waals surface area (Å²) in [4.78, 5) is 3.32. The van der Waals surface area contributed by atoms with Crippen molar-refractivity contribution >= 4 is 34.9 Å². The zero-order valence-electron chi connectivity index (χ0n) is 14.2. The van der Waals surface area contributed by atoms with Crippen LogP contribution in [0.5, 0.6) is 0 Å². The van der Waals surface area contributed by atoms with Crippen molar-refractivity contribution in [3.63, 3.8) is 0 Å². The van der Waals surface area contributed by atoms with Crippen LogP contribution < -0.4 is 5.32 Å². The highest BCUT2D eigenvalue weighted by Gasteiger charge is 2.06. The molecule has 0 unspecified atom stereocenters. The van der Waals surface area contributed by atoms with Crippen LogP contribution in [-0.2, 0) is 13.0 Å². The van der Waals surface area contributed by atoms with Crippen LogP contribution in [0.1, 0.15) is 11.3 Å². The maximum absolute atomic E-state index is 6.04. The minimum absolute atomic E-state index is 0. The minimum atomic E-state index is 0. The molecule has 0 aliphatic rings. The molecular weight excluding hydrogens is 367 g/mol. The summed E-state index contributed by atoms with van der Waals surface area (Å²) in [6.45, 7) is 1.61. The molecule has 0 aliphatic heterocycles. The van der Waals surface area contributed by atoms with Gasteiger partial charge in [-0.25, -0.2) is 0 Å². The molecule has 0 bridgehead atoms. The molecule has 2 aromatic carbocycles. The first-order valence-corrected chi connectivity index (χ1v) is 8.78. The molecule has 5 heteroatoms. The van der Waals surface area contributed by atoms with Crippen molar-refractivity contribution in [3.8, 4) is 11.3 Å². The second-order valence-corrected chi connectivity index (χ2v) is 6.50. The Bertz CT molecular complexity index is 990. The molecule has 0 saturated carbocycles. The van der Waals surface area contributed by atoms with Crippen LogP contribution in [0.4, 0.5) is 0 Å². The van der Waals surface area contributed by atoms with Crippen LogP contribution in [0.2, 0.25) is 5.02 Å². The third-order valence-corrected chi connectivity index (χ3v) is 4.55. The first-order chi connectivity index (χ1) is 12.3. The van der Waals surface area contributed by atoms with Crippen molar-refractivity contribution in [2.24, 2.45) is 0 Å². The molecule has 4 aromatic rings. The third-order valence-electron chi connectivity index (χ3n) is 4.32. The highest BCUT2D eigenvalue weighted by Crippen LogP contribution is 2.24. The van der Waals surface area contributed by atoms with E-state index in [-0.39, 0.29) is 12.4 Å².